The van der Waals surface area contributed by atoms with E-state index in [2.05, 4.69) is 4.98 Å². The lowest BCUT2D eigenvalue weighted by Gasteiger charge is -2.07. The predicted molar refractivity (Wildman–Crippen MR) is 49.7 cm³/mol. The molecule has 0 radical (unpaired) electrons. The van der Waals surface area contributed by atoms with Crippen LogP contribution in [0.4, 0.5) is 0 Å². The van der Waals surface area contributed by atoms with Crippen molar-refractivity contribution < 1.29 is 18.1 Å². The van der Waals surface area contributed by atoms with Crippen LogP contribution in [0, 0.1) is 6.88 Å². The van der Waals surface area contributed by atoms with Crippen LogP contribution >= 0.6 is 12.4 Å². The van der Waals surface area contributed by atoms with Gasteiger partial charge in [0.15, 0.2) is 0 Å². The summed E-state index contributed by atoms with van der Waals surface area (Å²) in [5.41, 5.74) is 0.308. The van der Waals surface area contributed by atoms with Crippen molar-refractivity contribution in [1.82, 2.24) is 4.98 Å². The van der Waals surface area contributed by atoms with Gasteiger partial charge in [0.25, 0.3) is 0 Å². The summed E-state index contributed by atoms with van der Waals surface area (Å²) < 4.78 is 14.1. The van der Waals surface area contributed by atoms with Gasteiger partial charge >= 0.3 is 0 Å². The summed E-state index contributed by atoms with van der Waals surface area (Å²) in [6, 6.07) is 0. The maximum atomic E-state index is 9.50. The highest BCUT2D eigenvalue weighted by molar-refractivity contribution is 5.85. The minimum absolute atomic E-state index is 0. The molecule has 4 nitrogen and oxygen atoms in total. The van der Waals surface area contributed by atoms with E-state index in [9.17, 15) is 5.11 Å². The molecule has 0 aliphatic carbocycles. The fraction of sp³-hybridized carbons (Fsp3) is 0.375. The molecule has 0 aliphatic heterocycles. The molecule has 3 N–H and O–H groups in total. The van der Waals surface area contributed by atoms with Gasteiger partial charge < -0.3 is 15.3 Å². The zero-order chi connectivity index (χ0) is 10.7. The maximum Gasteiger partial charge on any atom is 0.142 e. The molecule has 0 atom stereocenters. The highest BCUT2D eigenvalue weighted by Gasteiger charge is 2.09. The summed E-state index contributed by atoms with van der Waals surface area (Å²) in [6.07, 6.45) is 1.25. The van der Waals surface area contributed by atoms with Crippen LogP contribution in [0.2, 0.25) is 0 Å². The van der Waals surface area contributed by atoms with Gasteiger partial charge in [0.1, 0.15) is 5.75 Å². The zero-order valence-corrected chi connectivity index (χ0v) is 7.58. The monoisotopic (exact) mass is 207 g/mol. The Labute approximate surface area is 85.1 Å². The number of nitrogens with zero attached hydrogens (tertiary/aromatic N) is 1. The van der Waals surface area contributed by atoms with Crippen molar-refractivity contribution in [3.05, 3.63) is 23.0 Å². The van der Waals surface area contributed by atoms with Gasteiger partial charge in [-0.05, 0) is 6.88 Å². The van der Waals surface area contributed by atoms with Gasteiger partial charge in [0.05, 0.1) is 18.9 Å². The van der Waals surface area contributed by atoms with Gasteiger partial charge in [0.2, 0.25) is 0 Å². The average Bonchev–Trinajstić information content (AvgIpc) is 2.16. The van der Waals surface area contributed by atoms with Gasteiger partial charge in [-0.2, -0.15) is 0 Å². The van der Waals surface area contributed by atoms with Gasteiger partial charge in [0, 0.05) is 20.1 Å². The van der Waals surface area contributed by atoms with Crippen molar-refractivity contribution in [1.29, 1.82) is 0 Å². The van der Waals surface area contributed by atoms with Gasteiger partial charge in [-0.3, -0.25) is 4.98 Å². The molecule has 0 bridgehead atoms. The maximum absolute atomic E-state index is 9.50. The predicted octanol–water partition coefficient (Wildman–Crippen LogP) is 0.502. The molecule has 1 heterocycles. The number of rotatable bonds is 2. The summed E-state index contributed by atoms with van der Waals surface area (Å²) in [7, 11) is 0. The number of halogens is 1. The third-order valence-electron chi connectivity index (χ3n) is 1.60. The van der Waals surface area contributed by atoms with E-state index in [4.69, 9.17) is 13.0 Å². The van der Waals surface area contributed by atoms with Crippen molar-refractivity contribution in [2.75, 3.05) is 0 Å². The topological polar surface area (TPSA) is 73.6 Å². The lowest BCUT2D eigenvalue weighted by atomic mass is 10.1. The van der Waals surface area contributed by atoms with E-state index >= 15 is 0 Å². The summed E-state index contributed by atoms with van der Waals surface area (Å²) in [4.78, 5) is 3.66. The Morgan fingerprint density at radius 3 is 2.62 bits per heavy atom. The number of pyridine rings is 1. The Bertz CT molecular complexity index is 336. The summed E-state index contributed by atoms with van der Waals surface area (Å²) in [5, 5.41) is 27.3. The van der Waals surface area contributed by atoms with E-state index in [1.54, 1.807) is 0 Å². The first-order chi connectivity index (χ1) is 6.61. The Morgan fingerprint density at radius 2 is 2.15 bits per heavy atom. The first-order valence-corrected chi connectivity index (χ1v) is 3.37. The second-order valence-electron chi connectivity index (χ2n) is 2.31. The van der Waals surface area contributed by atoms with E-state index in [1.807, 2.05) is 0 Å². The first-order valence-electron chi connectivity index (χ1n) is 4.53. The number of aliphatic hydroxyl groups excluding tert-OH is 2. The van der Waals surface area contributed by atoms with Crippen LogP contribution in [0.3, 0.4) is 0 Å². The van der Waals surface area contributed by atoms with E-state index in [0.717, 1.165) is 0 Å². The molecule has 0 saturated carbocycles. The van der Waals surface area contributed by atoms with Crippen molar-refractivity contribution in [3.8, 4) is 5.75 Å². The molecule has 1 rings (SSSR count). The number of aryl methyl sites for hydroxylation is 1. The molecule has 0 aromatic carbocycles. The van der Waals surface area contributed by atoms with E-state index in [1.165, 1.54) is 6.20 Å². The van der Waals surface area contributed by atoms with Crippen molar-refractivity contribution >= 4 is 12.4 Å². The van der Waals surface area contributed by atoms with Crippen LogP contribution in [-0.2, 0) is 13.2 Å². The van der Waals surface area contributed by atoms with Crippen LogP contribution in [0.1, 0.15) is 19.6 Å². The molecule has 0 unspecified atom stereocenters. The van der Waals surface area contributed by atoms with Crippen LogP contribution < -0.4 is 0 Å². The van der Waals surface area contributed by atoms with Gasteiger partial charge in [-0.15, -0.1) is 12.4 Å². The Hall–Kier alpha value is -0.840. The lowest BCUT2D eigenvalue weighted by molar-refractivity contribution is 0.254. The van der Waals surface area contributed by atoms with Crippen LogP contribution in [-0.4, -0.2) is 20.3 Å². The van der Waals surface area contributed by atoms with Crippen LogP contribution in [0.25, 0.3) is 0 Å². The summed E-state index contributed by atoms with van der Waals surface area (Å²) >= 11 is 0. The molecular formula is C8H12ClNO3. The molecule has 0 aliphatic rings. The second-order valence-corrected chi connectivity index (χ2v) is 2.31. The van der Waals surface area contributed by atoms with Crippen molar-refractivity contribution in [2.45, 2.75) is 20.1 Å². The zero-order valence-electron chi connectivity index (χ0n) is 8.77. The highest BCUT2D eigenvalue weighted by Crippen LogP contribution is 2.23. The molecule has 0 fully saturated rings. The number of aromatic nitrogens is 1. The second kappa shape index (κ2) is 5.01. The molecule has 1 aromatic rings. The van der Waals surface area contributed by atoms with Crippen LogP contribution in [0.15, 0.2) is 6.20 Å². The molecule has 5 heteroatoms. The van der Waals surface area contributed by atoms with Gasteiger partial charge in [-0.25, -0.2) is 0 Å². The quantitative estimate of drug-likeness (QED) is 0.661. The number of aromatic hydroxyl groups is 1. The summed E-state index contributed by atoms with van der Waals surface area (Å²) in [5.74, 6) is -0.381. The lowest BCUT2D eigenvalue weighted by Crippen LogP contribution is -1.98. The molecule has 0 amide bonds. The SMILES string of the molecule is Cl.[2H]C([2H])c1ncc(CO)c(CO)c1O. The largest absolute Gasteiger partial charge is 0.506 e. The molecule has 0 saturated heterocycles. The third-order valence-corrected chi connectivity index (χ3v) is 1.60. The minimum atomic E-state index is -1.41. The average molecular weight is 208 g/mol. The third kappa shape index (κ3) is 2.30. The van der Waals surface area contributed by atoms with E-state index in [0.29, 0.717) is 5.56 Å². The fourth-order valence-electron chi connectivity index (χ4n) is 0.906. The number of aliphatic hydroxyl groups is 2. The number of hydrogen-bond acceptors (Lipinski definition) is 4. The Kier molecular flexibility index (Phi) is 3.37. The Balaban J connectivity index is 0.00000196. The van der Waals surface area contributed by atoms with Crippen molar-refractivity contribution in [2.24, 2.45) is 0 Å². The van der Waals surface area contributed by atoms with Crippen LogP contribution in [0.5, 0.6) is 5.75 Å². The van der Waals surface area contributed by atoms with Crippen molar-refractivity contribution in [3.63, 3.8) is 0 Å². The Morgan fingerprint density at radius 1 is 1.46 bits per heavy atom. The molecule has 1 aromatic heterocycles. The number of hydrogen-bond donors (Lipinski definition) is 3. The first kappa shape index (κ1) is 8.74. The summed E-state index contributed by atoms with van der Waals surface area (Å²) in [6.45, 7) is -2.21. The molecule has 74 valence electrons. The van der Waals surface area contributed by atoms with Gasteiger partial charge in [-0.1, -0.05) is 0 Å². The standard InChI is InChI=1S/C8H11NO3.ClH/c1-5-8(12)7(4-11)6(3-10)2-9-5;/h2,10-12H,3-4H2,1H3;1H/i1D2;. The molecular weight excluding hydrogens is 194 g/mol. The van der Waals surface area contributed by atoms with E-state index < -0.39 is 13.5 Å². The van der Waals surface area contributed by atoms with E-state index in [-0.39, 0.29) is 36.0 Å². The molecule has 0 spiro atoms. The highest BCUT2D eigenvalue weighted by atomic mass is 35.5. The minimum Gasteiger partial charge on any atom is -0.506 e. The smallest absolute Gasteiger partial charge is 0.142 e. The fourth-order valence-corrected chi connectivity index (χ4v) is 0.906. The molecule has 13 heavy (non-hydrogen) atoms. The normalized spacial score (nSPS) is 11.9.